The van der Waals surface area contributed by atoms with Crippen molar-refractivity contribution < 1.29 is 4.79 Å². The van der Waals surface area contributed by atoms with E-state index in [2.05, 4.69) is 26.6 Å². The normalized spacial score (nSPS) is 11.4. The van der Waals surface area contributed by atoms with E-state index in [4.69, 9.17) is 11.6 Å². The molecule has 0 aliphatic carbocycles. The van der Waals surface area contributed by atoms with Crippen molar-refractivity contribution in [1.29, 1.82) is 0 Å². The molecular weight excluding hydrogens is 304 g/mol. The Bertz CT molecular complexity index is 415. The number of rotatable bonds is 3. The summed E-state index contributed by atoms with van der Waals surface area (Å²) in [7, 11) is 0. The van der Waals surface area contributed by atoms with Gasteiger partial charge in [-0.2, -0.15) is 0 Å². The minimum absolute atomic E-state index is 0.0805. The third-order valence-electron chi connectivity index (χ3n) is 2.00. The monoisotopic (exact) mass is 318 g/mol. The van der Waals surface area contributed by atoms with E-state index < -0.39 is 0 Å². The number of hydrogen-bond acceptors (Lipinski definition) is 2. The average molecular weight is 320 g/mol. The number of carbonyl (C=O) groups excluding carboxylic acids is 1. The molecule has 0 aliphatic rings. The van der Waals surface area contributed by atoms with Gasteiger partial charge in [0.2, 0.25) is 5.91 Å². The fourth-order valence-corrected chi connectivity index (χ4v) is 1.68. The second-order valence-electron chi connectivity index (χ2n) is 4.75. The number of hydrogen-bond donors (Lipinski definition) is 2. The van der Waals surface area contributed by atoms with Gasteiger partial charge >= 0.3 is 0 Å². The first-order chi connectivity index (χ1) is 7.79. The van der Waals surface area contributed by atoms with Crippen LogP contribution < -0.4 is 10.6 Å². The van der Waals surface area contributed by atoms with Crippen LogP contribution in [0.3, 0.4) is 0 Å². The van der Waals surface area contributed by atoms with Gasteiger partial charge in [0.15, 0.2) is 0 Å². The Balaban J connectivity index is 2.60. The van der Waals surface area contributed by atoms with Gasteiger partial charge in [-0.05, 0) is 48.8 Å². The molecule has 1 aromatic rings. The Morgan fingerprint density at radius 1 is 1.41 bits per heavy atom. The van der Waals surface area contributed by atoms with E-state index in [-0.39, 0.29) is 18.0 Å². The second kappa shape index (κ2) is 5.85. The highest BCUT2D eigenvalue weighted by molar-refractivity contribution is 9.10. The zero-order valence-corrected chi connectivity index (χ0v) is 12.4. The predicted molar refractivity (Wildman–Crippen MR) is 75.5 cm³/mol. The van der Waals surface area contributed by atoms with Crippen molar-refractivity contribution >= 4 is 39.1 Å². The quantitative estimate of drug-likeness (QED) is 0.896. The lowest BCUT2D eigenvalue weighted by atomic mass is 10.1. The molecule has 0 saturated heterocycles. The van der Waals surface area contributed by atoms with E-state index in [9.17, 15) is 4.79 Å². The summed E-state index contributed by atoms with van der Waals surface area (Å²) in [4.78, 5) is 11.7. The number of benzene rings is 1. The van der Waals surface area contributed by atoms with Crippen LogP contribution in [0.2, 0.25) is 5.02 Å². The molecule has 0 fully saturated rings. The zero-order chi connectivity index (χ0) is 13.1. The standard InChI is InChI=1S/C12H16BrClN2O/c1-12(2,3)15-7-10(17)16-9-6-4-5-8(14)11(9)13/h4-6,15H,7H2,1-3H3,(H,16,17). The summed E-state index contributed by atoms with van der Waals surface area (Å²) in [6.07, 6.45) is 0. The molecule has 0 radical (unpaired) electrons. The van der Waals surface area contributed by atoms with Crippen LogP contribution >= 0.6 is 27.5 Å². The topological polar surface area (TPSA) is 41.1 Å². The number of carbonyl (C=O) groups is 1. The first-order valence-corrected chi connectivity index (χ1v) is 6.45. The summed E-state index contributed by atoms with van der Waals surface area (Å²) in [6.45, 7) is 6.29. The van der Waals surface area contributed by atoms with Gasteiger partial charge in [0.05, 0.1) is 21.7 Å². The molecule has 0 aliphatic heterocycles. The minimum Gasteiger partial charge on any atom is -0.324 e. The molecular formula is C12H16BrClN2O. The lowest BCUT2D eigenvalue weighted by Gasteiger charge is -2.20. The van der Waals surface area contributed by atoms with E-state index in [1.165, 1.54) is 0 Å². The molecule has 17 heavy (non-hydrogen) atoms. The van der Waals surface area contributed by atoms with Crippen molar-refractivity contribution in [2.24, 2.45) is 0 Å². The maximum Gasteiger partial charge on any atom is 0.238 e. The third-order valence-corrected chi connectivity index (χ3v) is 3.40. The number of nitrogens with one attached hydrogen (secondary N) is 2. The van der Waals surface area contributed by atoms with Crippen LogP contribution in [0.4, 0.5) is 5.69 Å². The lowest BCUT2D eigenvalue weighted by molar-refractivity contribution is -0.115. The molecule has 1 amide bonds. The lowest BCUT2D eigenvalue weighted by Crippen LogP contribution is -2.41. The van der Waals surface area contributed by atoms with Crippen molar-refractivity contribution in [3.8, 4) is 0 Å². The van der Waals surface area contributed by atoms with Gasteiger partial charge in [0, 0.05) is 5.54 Å². The molecule has 0 heterocycles. The Hall–Kier alpha value is -0.580. The summed E-state index contributed by atoms with van der Waals surface area (Å²) in [6, 6.07) is 5.35. The van der Waals surface area contributed by atoms with Crippen molar-refractivity contribution in [2.45, 2.75) is 26.3 Å². The van der Waals surface area contributed by atoms with E-state index in [1.807, 2.05) is 20.8 Å². The summed E-state index contributed by atoms with van der Waals surface area (Å²) in [5, 5.41) is 6.48. The molecule has 94 valence electrons. The number of halogens is 2. The van der Waals surface area contributed by atoms with Crippen LogP contribution in [-0.2, 0) is 4.79 Å². The molecule has 0 saturated carbocycles. The van der Waals surface area contributed by atoms with E-state index in [0.717, 1.165) is 0 Å². The average Bonchev–Trinajstić information content (AvgIpc) is 2.21. The van der Waals surface area contributed by atoms with Crippen molar-refractivity contribution in [2.75, 3.05) is 11.9 Å². The molecule has 0 aromatic heterocycles. The van der Waals surface area contributed by atoms with Crippen molar-refractivity contribution in [3.05, 3.63) is 27.7 Å². The summed E-state index contributed by atoms with van der Waals surface area (Å²) < 4.78 is 0.700. The second-order valence-corrected chi connectivity index (χ2v) is 5.95. The number of anilines is 1. The summed E-state index contributed by atoms with van der Waals surface area (Å²) in [5.74, 6) is -0.0945. The van der Waals surface area contributed by atoms with E-state index >= 15 is 0 Å². The maximum absolute atomic E-state index is 11.7. The van der Waals surface area contributed by atoms with Gasteiger partial charge in [0.25, 0.3) is 0 Å². The fourth-order valence-electron chi connectivity index (χ4n) is 1.14. The molecule has 0 unspecified atom stereocenters. The maximum atomic E-state index is 11.7. The highest BCUT2D eigenvalue weighted by Crippen LogP contribution is 2.29. The van der Waals surface area contributed by atoms with E-state index in [0.29, 0.717) is 15.2 Å². The molecule has 0 spiro atoms. The molecule has 2 N–H and O–H groups in total. The predicted octanol–water partition coefficient (Wildman–Crippen LogP) is 3.43. The van der Waals surface area contributed by atoms with E-state index in [1.54, 1.807) is 18.2 Å². The van der Waals surface area contributed by atoms with Crippen LogP contribution in [0, 0.1) is 0 Å². The van der Waals surface area contributed by atoms with Gasteiger partial charge in [-0.3, -0.25) is 4.79 Å². The zero-order valence-electron chi connectivity index (χ0n) is 10.1. The van der Waals surface area contributed by atoms with Gasteiger partial charge in [-0.25, -0.2) is 0 Å². The SMILES string of the molecule is CC(C)(C)NCC(=O)Nc1cccc(Cl)c1Br. The first-order valence-electron chi connectivity index (χ1n) is 5.28. The smallest absolute Gasteiger partial charge is 0.238 e. The molecule has 1 aromatic carbocycles. The molecule has 5 heteroatoms. The Morgan fingerprint density at radius 2 is 2.06 bits per heavy atom. The minimum atomic E-state index is -0.0945. The first kappa shape index (κ1) is 14.5. The summed E-state index contributed by atoms with van der Waals surface area (Å²) in [5.41, 5.74) is 0.598. The van der Waals surface area contributed by atoms with Crippen molar-refractivity contribution in [1.82, 2.24) is 5.32 Å². The van der Waals surface area contributed by atoms with Crippen LogP contribution in [0.1, 0.15) is 20.8 Å². The van der Waals surface area contributed by atoms with Crippen molar-refractivity contribution in [3.63, 3.8) is 0 Å². The molecule has 0 atom stereocenters. The van der Waals surface area contributed by atoms with Crippen LogP contribution in [-0.4, -0.2) is 18.0 Å². The molecule has 1 rings (SSSR count). The Labute approximate surface area is 115 Å². The highest BCUT2D eigenvalue weighted by Gasteiger charge is 2.12. The highest BCUT2D eigenvalue weighted by atomic mass is 79.9. The fraction of sp³-hybridized carbons (Fsp3) is 0.417. The number of amides is 1. The Kier molecular flexibility index (Phi) is 4.98. The Morgan fingerprint density at radius 3 is 2.65 bits per heavy atom. The third kappa shape index (κ3) is 5.06. The van der Waals surface area contributed by atoms with Gasteiger partial charge in [-0.1, -0.05) is 17.7 Å². The molecule has 0 bridgehead atoms. The van der Waals surface area contributed by atoms with Gasteiger partial charge in [-0.15, -0.1) is 0 Å². The molecule has 3 nitrogen and oxygen atoms in total. The van der Waals surface area contributed by atoms with Crippen LogP contribution in [0.25, 0.3) is 0 Å². The summed E-state index contributed by atoms with van der Waals surface area (Å²) >= 11 is 9.27. The van der Waals surface area contributed by atoms with Gasteiger partial charge < -0.3 is 10.6 Å². The largest absolute Gasteiger partial charge is 0.324 e. The van der Waals surface area contributed by atoms with Gasteiger partial charge in [0.1, 0.15) is 0 Å². The van der Waals surface area contributed by atoms with Crippen LogP contribution in [0.15, 0.2) is 22.7 Å². The van der Waals surface area contributed by atoms with Crippen LogP contribution in [0.5, 0.6) is 0 Å².